The van der Waals surface area contributed by atoms with E-state index in [1.165, 1.54) is 19.0 Å². The number of aliphatic hydroxyl groups is 1. The first-order valence-corrected chi connectivity index (χ1v) is 9.15. The number of β-amino-alcohol motifs (C(OH)–C–C–N with tert-alkyl or cyclic N) is 1. The summed E-state index contributed by atoms with van der Waals surface area (Å²) in [7, 11) is -0.723. The summed E-state index contributed by atoms with van der Waals surface area (Å²) in [6.07, 6.45) is -0.971. The monoisotopic (exact) mass is 378 g/mol. The Bertz CT molecular complexity index is 741. The van der Waals surface area contributed by atoms with Gasteiger partial charge in [0.1, 0.15) is 5.82 Å². The smallest absolute Gasteiger partial charge is 0.260 e. The number of likely N-dealkylation sites (tertiary alicyclic amines) is 1. The molecule has 1 aromatic rings. The van der Waals surface area contributed by atoms with Gasteiger partial charge in [0.25, 0.3) is 5.91 Å². The number of hydrogen-bond acceptors (Lipinski definition) is 5. The predicted molar refractivity (Wildman–Crippen MR) is 85.4 cm³/mol. The van der Waals surface area contributed by atoms with Crippen molar-refractivity contribution in [1.29, 1.82) is 0 Å². The maximum atomic E-state index is 13.5. The molecule has 1 aromatic carbocycles. The summed E-state index contributed by atoms with van der Waals surface area (Å²) < 4.78 is 56.2. The van der Waals surface area contributed by atoms with Crippen LogP contribution in [0.2, 0.25) is 0 Å². The van der Waals surface area contributed by atoms with Gasteiger partial charge < -0.3 is 14.7 Å². The van der Waals surface area contributed by atoms with Crippen LogP contribution in [0, 0.1) is 17.6 Å². The number of sulfonamides is 1. The molecule has 1 amide bonds. The standard InChI is InChI=1S/C15H20F2N2O5S/c1-18(2)25(22,23)9-10-6-19(7-13(10)20)15(21)8-24-14-4-3-11(16)5-12(14)17/h3-5,10,13,20H,6-9H2,1-2H3/t10-,13+/m0/s1. The molecule has 0 spiro atoms. The fourth-order valence-electron chi connectivity index (χ4n) is 2.46. The molecule has 0 saturated carbocycles. The molecule has 1 aliphatic heterocycles. The number of halogens is 2. The zero-order valence-corrected chi connectivity index (χ0v) is 14.7. The van der Waals surface area contributed by atoms with Crippen molar-refractivity contribution in [2.24, 2.45) is 5.92 Å². The Kier molecular flexibility index (Phi) is 5.96. The van der Waals surface area contributed by atoms with Crippen LogP contribution in [-0.4, -0.2) is 74.3 Å². The summed E-state index contributed by atoms with van der Waals surface area (Å²) >= 11 is 0. The lowest BCUT2D eigenvalue weighted by Crippen LogP contribution is -2.35. The molecule has 2 atom stereocenters. The second kappa shape index (κ2) is 7.63. The predicted octanol–water partition coefficient (Wildman–Crippen LogP) is 0.0543. The van der Waals surface area contributed by atoms with Crippen LogP contribution in [0.25, 0.3) is 0 Å². The Morgan fingerprint density at radius 2 is 2.04 bits per heavy atom. The third kappa shape index (κ3) is 4.86. The second-order valence-corrected chi connectivity index (χ2v) is 8.28. The van der Waals surface area contributed by atoms with E-state index >= 15 is 0 Å². The van der Waals surface area contributed by atoms with Gasteiger partial charge in [0, 0.05) is 39.2 Å². The van der Waals surface area contributed by atoms with E-state index in [1.54, 1.807) is 0 Å². The van der Waals surface area contributed by atoms with E-state index in [0.29, 0.717) is 6.07 Å². The fourth-order valence-corrected chi connectivity index (χ4v) is 3.63. The van der Waals surface area contributed by atoms with Crippen LogP contribution in [0.15, 0.2) is 18.2 Å². The molecule has 1 fully saturated rings. The maximum Gasteiger partial charge on any atom is 0.260 e. The van der Waals surface area contributed by atoms with Crippen molar-refractivity contribution >= 4 is 15.9 Å². The van der Waals surface area contributed by atoms with Gasteiger partial charge in [-0.3, -0.25) is 4.79 Å². The number of aliphatic hydroxyl groups excluding tert-OH is 1. The Hall–Kier alpha value is -1.78. The molecule has 1 aliphatic rings. The average Bonchev–Trinajstić information content (AvgIpc) is 2.86. The summed E-state index contributed by atoms with van der Waals surface area (Å²) in [5, 5.41) is 9.99. The number of nitrogens with zero attached hydrogens (tertiary/aromatic N) is 2. The van der Waals surface area contributed by atoms with Gasteiger partial charge in [0.2, 0.25) is 10.0 Å². The molecular weight excluding hydrogens is 358 g/mol. The number of benzene rings is 1. The first-order valence-electron chi connectivity index (χ1n) is 7.54. The summed E-state index contributed by atoms with van der Waals surface area (Å²) in [4.78, 5) is 13.4. The largest absolute Gasteiger partial charge is 0.481 e. The first-order chi connectivity index (χ1) is 11.6. The minimum Gasteiger partial charge on any atom is -0.481 e. The van der Waals surface area contributed by atoms with Crippen molar-refractivity contribution in [2.45, 2.75) is 6.10 Å². The highest BCUT2D eigenvalue weighted by Crippen LogP contribution is 2.21. The Morgan fingerprint density at radius 3 is 2.64 bits per heavy atom. The van der Waals surface area contributed by atoms with E-state index in [9.17, 15) is 27.1 Å². The van der Waals surface area contributed by atoms with Gasteiger partial charge in [-0.25, -0.2) is 21.5 Å². The van der Waals surface area contributed by atoms with Gasteiger partial charge in [-0.05, 0) is 12.1 Å². The van der Waals surface area contributed by atoms with E-state index in [4.69, 9.17) is 4.74 Å². The van der Waals surface area contributed by atoms with Crippen LogP contribution in [0.3, 0.4) is 0 Å². The quantitative estimate of drug-likeness (QED) is 0.756. The molecule has 10 heteroatoms. The van der Waals surface area contributed by atoms with E-state index in [1.807, 2.05) is 0 Å². The molecule has 1 saturated heterocycles. The fraction of sp³-hybridized carbons (Fsp3) is 0.533. The molecule has 1 N–H and O–H groups in total. The molecule has 25 heavy (non-hydrogen) atoms. The summed E-state index contributed by atoms with van der Waals surface area (Å²) in [5.74, 6) is -3.36. The molecule has 0 unspecified atom stereocenters. The molecule has 7 nitrogen and oxygen atoms in total. The zero-order chi connectivity index (χ0) is 18.8. The van der Waals surface area contributed by atoms with E-state index < -0.39 is 46.2 Å². The zero-order valence-electron chi connectivity index (χ0n) is 13.9. The summed E-state index contributed by atoms with van der Waals surface area (Å²) in [6, 6.07) is 2.72. The minimum atomic E-state index is -3.51. The van der Waals surface area contributed by atoms with Crippen molar-refractivity contribution in [3.05, 3.63) is 29.8 Å². The molecule has 1 heterocycles. The van der Waals surface area contributed by atoms with Gasteiger partial charge in [0.05, 0.1) is 11.9 Å². The number of carbonyl (C=O) groups excluding carboxylic acids is 1. The van der Waals surface area contributed by atoms with Crippen LogP contribution in [0.5, 0.6) is 5.75 Å². The highest BCUT2D eigenvalue weighted by atomic mass is 32.2. The number of amides is 1. The Labute approximate surface area is 144 Å². The Morgan fingerprint density at radius 1 is 1.36 bits per heavy atom. The lowest BCUT2D eigenvalue weighted by Gasteiger charge is -2.18. The average molecular weight is 378 g/mol. The van der Waals surface area contributed by atoms with Gasteiger partial charge in [0.15, 0.2) is 18.2 Å². The normalized spacial score (nSPS) is 21.0. The van der Waals surface area contributed by atoms with Crippen LogP contribution in [0.1, 0.15) is 0 Å². The maximum absolute atomic E-state index is 13.5. The topological polar surface area (TPSA) is 87.2 Å². The van der Waals surface area contributed by atoms with Gasteiger partial charge in [-0.2, -0.15) is 0 Å². The lowest BCUT2D eigenvalue weighted by molar-refractivity contribution is -0.132. The van der Waals surface area contributed by atoms with Crippen molar-refractivity contribution < 1.29 is 31.8 Å². The Balaban J connectivity index is 1.93. The van der Waals surface area contributed by atoms with E-state index in [-0.39, 0.29) is 24.6 Å². The molecule has 2 rings (SSSR count). The third-order valence-electron chi connectivity index (χ3n) is 3.99. The van der Waals surface area contributed by atoms with Crippen molar-refractivity contribution in [3.63, 3.8) is 0 Å². The van der Waals surface area contributed by atoms with Crippen LogP contribution in [0.4, 0.5) is 8.78 Å². The summed E-state index contributed by atoms with van der Waals surface area (Å²) in [5.41, 5.74) is 0. The van der Waals surface area contributed by atoms with Gasteiger partial charge in [-0.1, -0.05) is 0 Å². The minimum absolute atomic E-state index is 0.0261. The van der Waals surface area contributed by atoms with Crippen LogP contribution < -0.4 is 4.74 Å². The molecule has 0 aliphatic carbocycles. The van der Waals surface area contributed by atoms with Crippen molar-refractivity contribution in [3.8, 4) is 5.75 Å². The highest BCUT2D eigenvalue weighted by molar-refractivity contribution is 7.89. The van der Waals surface area contributed by atoms with Crippen molar-refractivity contribution in [2.75, 3.05) is 39.5 Å². The summed E-state index contributed by atoms with van der Waals surface area (Å²) in [6.45, 7) is -0.466. The first kappa shape index (κ1) is 19.5. The molecule has 0 radical (unpaired) electrons. The third-order valence-corrected chi connectivity index (χ3v) is 5.95. The lowest BCUT2D eigenvalue weighted by atomic mass is 10.1. The molecular formula is C15H20F2N2O5S. The molecule has 140 valence electrons. The molecule has 0 aromatic heterocycles. The number of rotatable bonds is 6. The van der Waals surface area contributed by atoms with Crippen molar-refractivity contribution in [1.82, 2.24) is 9.21 Å². The highest BCUT2D eigenvalue weighted by Gasteiger charge is 2.37. The van der Waals surface area contributed by atoms with E-state index in [2.05, 4.69) is 0 Å². The number of hydrogen-bond donors (Lipinski definition) is 1. The number of carbonyl (C=O) groups is 1. The second-order valence-electron chi connectivity index (χ2n) is 6.05. The van der Waals surface area contributed by atoms with E-state index in [0.717, 1.165) is 16.4 Å². The van der Waals surface area contributed by atoms with Crippen LogP contribution >= 0.6 is 0 Å². The SMILES string of the molecule is CN(C)S(=O)(=O)C[C@@H]1CN(C(=O)COc2ccc(F)cc2F)C[C@H]1O. The van der Waals surface area contributed by atoms with Gasteiger partial charge in [-0.15, -0.1) is 0 Å². The number of ether oxygens (including phenoxy) is 1. The molecule has 0 bridgehead atoms. The van der Waals surface area contributed by atoms with Gasteiger partial charge >= 0.3 is 0 Å². The van der Waals surface area contributed by atoms with Crippen LogP contribution in [-0.2, 0) is 14.8 Å².